The molecule has 9 heavy (non-hydrogen) atoms. The summed E-state index contributed by atoms with van der Waals surface area (Å²) in [7, 11) is 0. The summed E-state index contributed by atoms with van der Waals surface area (Å²) >= 11 is 0. The van der Waals surface area contributed by atoms with E-state index in [2.05, 4.69) is 0 Å². The fourth-order valence-electron chi connectivity index (χ4n) is 1.36. The zero-order valence-electron chi connectivity index (χ0n) is 4.57. The molecule has 0 amide bonds. The zero-order valence-corrected chi connectivity index (χ0v) is 4.57. The van der Waals surface area contributed by atoms with Crippen LogP contribution in [-0.2, 0) is 0 Å². The molecule has 0 unspecified atom stereocenters. The minimum atomic E-state index is 0.970. The molecule has 0 aliphatic rings. The van der Waals surface area contributed by atoms with Crippen molar-refractivity contribution in [2.45, 2.75) is 0 Å². The molecule has 3 aromatic heterocycles. The van der Waals surface area contributed by atoms with Crippen molar-refractivity contribution in [2.24, 2.45) is 0 Å². The second-order valence-electron chi connectivity index (χ2n) is 2.25. The molecule has 4 bridgehead atoms. The summed E-state index contributed by atoms with van der Waals surface area (Å²) in [4.78, 5) is 1.16. The summed E-state index contributed by atoms with van der Waals surface area (Å²) in [6.45, 7) is 0. The molecule has 1 N–H and O–H groups in total. The van der Waals surface area contributed by atoms with Crippen LogP contribution in [0.4, 0.5) is 0 Å². The number of hydrogen-bond acceptors (Lipinski definition) is 1. The number of pyridine rings is 1. The standard InChI is InChI=1S/C6H4N2O/c9-8-6-4-2-1-3-5(6)7(4)8/h1-3,9H. The predicted molar refractivity (Wildman–Crippen MR) is 32.4 cm³/mol. The fourth-order valence-corrected chi connectivity index (χ4v) is 1.36. The molecular formula is C6H4N2O. The molecule has 0 aliphatic carbocycles. The van der Waals surface area contributed by atoms with Gasteiger partial charge in [0.2, 0.25) is 0 Å². The van der Waals surface area contributed by atoms with Crippen LogP contribution in [0.3, 0.4) is 0 Å². The highest BCUT2D eigenvalue weighted by Crippen LogP contribution is 2.31. The normalized spacial score (nSPS) is 12.9. The molecule has 3 heterocycles. The van der Waals surface area contributed by atoms with Crippen LogP contribution >= 0.6 is 0 Å². The first-order chi connectivity index (χ1) is 4.39. The van der Waals surface area contributed by atoms with Crippen molar-refractivity contribution in [3.8, 4) is 0 Å². The van der Waals surface area contributed by atoms with Crippen molar-refractivity contribution in [2.75, 3.05) is 0 Å². The Morgan fingerprint density at radius 1 is 1.22 bits per heavy atom. The molecule has 3 heteroatoms. The van der Waals surface area contributed by atoms with E-state index < -0.39 is 0 Å². The van der Waals surface area contributed by atoms with Crippen molar-refractivity contribution >= 4 is 16.6 Å². The number of aromatic nitrogens is 2. The maximum absolute atomic E-state index is 8.90. The lowest BCUT2D eigenvalue weighted by Crippen LogP contribution is -2.24. The van der Waals surface area contributed by atoms with E-state index in [0.29, 0.717) is 0 Å². The predicted octanol–water partition coefficient (Wildman–Crippen LogP) is 1.01. The van der Waals surface area contributed by atoms with Crippen molar-refractivity contribution < 1.29 is 5.21 Å². The average molecular weight is 120 g/mol. The molecular weight excluding hydrogens is 116 g/mol. The van der Waals surface area contributed by atoms with Gasteiger partial charge in [0.15, 0.2) is 5.52 Å². The van der Waals surface area contributed by atoms with Gasteiger partial charge in [0.05, 0.1) is 11.0 Å². The molecule has 0 atom stereocenters. The Labute approximate surface area is 50.3 Å². The van der Waals surface area contributed by atoms with Gasteiger partial charge in [-0.3, -0.25) is 0 Å². The molecule has 0 radical (unpaired) electrons. The Balaban J connectivity index is 2.71. The van der Waals surface area contributed by atoms with Crippen LogP contribution in [0.15, 0.2) is 18.2 Å². The highest BCUT2D eigenvalue weighted by atomic mass is 16.5. The number of nitrogens with zero attached hydrogens (tertiary/aromatic N) is 2. The van der Waals surface area contributed by atoms with Crippen LogP contribution in [0, 0.1) is 0 Å². The summed E-state index contributed by atoms with van der Waals surface area (Å²) in [5.74, 6) is 0. The summed E-state index contributed by atoms with van der Waals surface area (Å²) in [6.07, 6.45) is 0. The van der Waals surface area contributed by atoms with Crippen LogP contribution in [0.25, 0.3) is 16.6 Å². The van der Waals surface area contributed by atoms with E-state index in [1.165, 1.54) is 0 Å². The first-order valence-corrected chi connectivity index (χ1v) is 2.81. The Kier molecular flexibility index (Phi) is 0.303. The molecule has 4 aromatic rings. The number of rotatable bonds is 0. The van der Waals surface area contributed by atoms with Crippen LogP contribution in [0.1, 0.15) is 0 Å². The smallest absolute Gasteiger partial charge is 0.151 e. The summed E-state index contributed by atoms with van der Waals surface area (Å²) in [6, 6.07) is 5.95. The second-order valence-corrected chi connectivity index (χ2v) is 2.25. The Morgan fingerprint density at radius 3 is 2.11 bits per heavy atom. The van der Waals surface area contributed by atoms with Gasteiger partial charge in [-0.05, 0) is 12.1 Å². The highest BCUT2D eigenvalue weighted by molar-refractivity contribution is 6.02. The van der Waals surface area contributed by atoms with Gasteiger partial charge in [-0.15, -0.1) is 4.85 Å². The average Bonchev–Trinajstić information content (AvgIpc) is 1.87. The van der Waals surface area contributed by atoms with Gasteiger partial charge >= 0.3 is 0 Å². The molecule has 0 spiro atoms. The number of para-hydroxylation sites is 1. The van der Waals surface area contributed by atoms with Crippen LogP contribution < -0.4 is 0 Å². The van der Waals surface area contributed by atoms with Crippen molar-refractivity contribution in [1.82, 2.24) is 9.36 Å². The third kappa shape index (κ3) is 0.173. The Morgan fingerprint density at radius 2 is 1.78 bits per heavy atom. The van der Waals surface area contributed by atoms with E-state index in [1.807, 2.05) is 18.2 Å². The van der Waals surface area contributed by atoms with Crippen molar-refractivity contribution in [3.63, 3.8) is 0 Å². The molecule has 0 saturated carbocycles. The third-order valence-corrected chi connectivity index (χ3v) is 1.84. The third-order valence-electron chi connectivity index (χ3n) is 1.84. The maximum atomic E-state index is 8.90. The second kappa shape index (κ2) is 0.757. The van der Waals surface area contributed by atoms with E-state index in [-0.39, 0.29) is 0 Å². The molecule has 0 saturated heterocycles. The monoisotopic (exact) mass is 120 g/mol. The zero-order chi connectivity index (χ0) is 6.01. The lowest BCUT2D eigenvalue weighted by molar-refractivity contribution is 0.130. The molecule has 1 aromatic carbocycles. The lowest BCUT2D eigenvalue weighted by atomic mass is 10.2. The van der Waals surface area contributed by atoms with Crippen LogP contribution in [0.5, 0.6) is 0 Å². The fraction of sp³-hybridized carbons (Fsp3) is 0. The number of benzene rings is 1. The Bertz CT molecular complexity index is 378. The van der Waals surface area contributed by atoms with Crippen LogP contribution in [-0.4, -0.2) is 14.6 Å². The minimum Gasteiger partial charge on any atom is -0.412 e. The lowest BCUT2D eigenvalue weighted by Gasteiger charge is -2.25. The van der Waals surface area contributed by atoms with Gasteiger partial charge in [0, 0.05) is 0 Å². The summed E-state index contributed by atoms with van der Waals surface area (Å²) in [5, 5.41) is 8.90. The van der Waals surface area contributed by atoms with Crippen molar-refractivity contribution in [3.05, 3.63) is 18.2 Å². The van der Waals surface area contributed by atoms with Gasteiger partial charge < -0.3 is 5.21 Å². The minimum absolute atomic E-state index is 0.970. The van der Waals surface area contributed by atoms with E-state index >= 15 is 0 Å². The largest absolute Gasteiger partial charge is 0.412 e. The highest BCUT2D eigenvalue weighted by Gasteiger charge is 2.22. The van der Waals surface area contributed by atoms with Crippen LogP contribution in [0.2, 0.25) is 0 Å². The van der Waals surface area contributed by atoms with E-state index in [4.69, 9.17) is 5.21 Å². The van der Waals surface area contributed by atoms with Gasteiger partial charge in [-0.25, -0.2) is 4.52 Å². The summed E-state index contributed by atoms with van der Waals surface area (Å²) in [5.41, 5.74) is 3.24. The van der Waals surface area contributed by atoms with Gasteiger partial charge in [-0.1, -0.05) is 6.07 Å². The van der Waals surface area contributed by atoms with E-state index in [1.54, 1.807) is 4.52 Å². The van der Waals surface area contributed by atoms with Gasteiger partial charge in [0.1, 0.15) is 0 Å². The molecule has 0 fully saturated rings. The van der Waals surface area contributed by atoms with Gasteiger partial charge in [-0.2, -0.15) is 0 Å². The topological polar surface area (TPSA) is 29.6 Å². The van der Waals surface area contributed by atoms with Gasteiger partial charge in [0.25, 0.3) is 0 Å². The first kappa shape index (κ1) is 3.61. The molecule has 0 aliphatic heterocycles. The maximum Gasteiger partial charge on any atom is 0.151 e. The van der Waals surface area contributed by atoms with E-state index in [0.717, 1.165) is 21.4 Å². The summed E-state index contributed by atoms with van der Waals surface area (Å²) < 4.78 is 1.76. The first-order valence-electron chi connectivity index (χ1n) is 2.81. The van der Waals surface area contributed by atoms with E-state index in [9.17, 15) is 0 Å². The molecule has 4 rings (SSSR count). The SMILES string of the molecule is On1c2c3cccc2n31. The molecule has 44 valence electrons. The quantitative estimate of drug-likeness (QED) is 0.441. The molecule has 3 nitrogen and oxygen atoms in total. The van der Waals surface area contributed by atoms with Crippen molar-refractivity contribution in [1.29, 1.82) is 0 Å². The number of hydrogen-bond donors (Lipinski definition) is 1. The Hall–Kier alpha value is -1.38.